The predicted octanol–water partition coefficient (Wildman–Crippen LogP) is 1.30. The standard InChI is InChI=1S/C12H14N6/c1-3-8-11(7-17(2)16-8)18-10-4-5-14-6-9(10)15-12(18)13/h4-7H,3H2,1-2H3,(H2,13,15). The maximum absolute atomic E-state index is 6.01. The van der Waals surface area contributed by atoms with Gasteiger partial charge < -0.3 is 5.73 Å². The quantitative estimate of drug-likeness (QED) is 0.735. The van der Waals surface area contributed by atoms with E-state index in [0.29, 0.717) is 5.95 Å². The van der Waals surface area contributed by atoms with Crippen LogP contribution >= 0.6 is 0 Å². The molecule has 3 aromatic rings. The molecule has 3 rings (SSSR count). The maximum Gasteiger partial charge on any atom is 0.206 e. The number of rotatable bonds is 2. The van der Waals surface area contributed by atoms with Crippen LogP contribution in [0.3, 0.4) is 0 Å². The van der Waals surface area contributed by atoms with E-state index in [1.807, 2.05) is 23.9 Å². The van der Waals surface area contributed by atoms with E-state index in [9.17, 15) is 0 Å². The topological polar surface area (TPSA) is 74.5 Å². The van der Waals surface area contributed by atoms with E-state index in [2.05, 4.69) is 22.0 Å². The molecule has 0 bridgehead atoms. The van der Waals surface area contributed by atoms with E-state index >= 15 is 0 Å². The number of nitrogens with two attached hydrogens (primary N) is 1. The van der Waals surface area contributed by atoms with Crippen LogP contribution in [0, 0.1) is 0 Å². The number of pyridine rings is 1. The van der Waals surface area contributed by atoms with Crippen molar-refractivity contribution in [2.24, 2.45) is 7.05 Å². The number of fused-ring (bicyclic) bond motifs is 1. The van der Waals surface area contributed by atoms with Gasteiger partial charge in [-0.15, -0.1) is 0 Å². The van der Waals surface area contributed by atoms with Gasteiger partial charge in [0.15, 0.2) is 0 Å². The van der Waals surface area contributed by atoms with Gasteiger partial charge in [0, 0.05) is 19.4 Å². The molecule has 0 aromatic carbocycles. The van der Waals surface area contributed by atoms with Crippen molar-refractivity contribution in [2.75, 3.05) is 5.73 Å². The monoisotopic (exact) mass is 242 g/mol. The van der Waals surface area contributed by atoms with Gasteiger partial charge in [0.05, 0.1) is 23.1 Å². The Bertz CT molecular complexity index is 709. The van der Waals surface area contributed by atoms with Gasteiger partial charge in [-0.25, -0.2) is 4.98 Å². The first-order valence-corrected chi connectivity index (χ1v) is 5.81. The molecular weight excluding hydrogens is 228 g/mol. The fraction of sp³-hybridized carbons (Fsp3) is 0.250. The summed E-state index contributed by atoms with van der Waals surface area (Å²) in [6.07, 6.45) is 6.25. The molecular formula is C12H14N6. The van der Waals surface area contributed by atoms with Crippen LogP contribution < -0.4 is 5.73 Å². The molecule has 0 aliphatic rings. The molecule has 0 spiro atoms. The zero-order chi connectivity index (χ0) is 12.7. The fourth-order valence-electron chi connectivity index (χ4n) is 2.16. The smallest absolute Gasteiger partial charge is 0.206 e. The lowest BCUT2D eigenvalue weighted by atomic mass is 10.3. The number of hydrogen-bond acceptors (Lipinski definition) is 4. The molecule has 92 valence electrons. The van der Waals surface area contributed by atoms with Gasteiger partial charge in [0.2, 0.25) is 5.95 Å². The zero-order valence-electron chi connectivity index (χ0n) is 10.3. The van der Waals surface area contributed by atoms with E-state index < -0.39 is 0 Å². The molecule has 0 fully saturated rings. The summed E-state index contributed by atoms with van der Waals surface area (Å²) in [4.78, 5) is 8.37. The molecule has 0 saturated carbocycles. The molecule has 0 radical (unpaired) electrons. The molecule has 0 unspecified atom stereocenters. The Kier molecular flexibility index (Phi) is 2.29. The van der Waals surface area contributed by atoms with E-state index in [1.54, 1.807) is 17.1 Å². The molecule has 0 atom stereocenters. The normalized spacial score (nSPS) is 11.2. The van der Waals surface area contributed by atoms with Crippen molar-refractivity contribution in [3.8, 4) is 5.69 Å². The summed E-state index contributed by atoms with van der Waals surface area (Å²) in [6, 6.07) is 1.91. The Morgan fingerprint density at radius 2 is 2.22 bits per heavy atom. The largest absolute Gasteiger partial charge is 0.369 e. The average Bonchev–Trinajstić information content (AvgIpc) is 2.87. The highest BCUT2D eigenvalue weighted by Crippen LogP contribution is 2.24. The summed E-state index contributed by atoms with van der Waals surface area (Å²) in [6.45, 7) is 2.07. The van der Waals surface area contributed by atoms with Crippen molar-refractivity contribution >= 4 is 17.0 Å². The number of aryl methyl sites for hydroxylation is 2. The van der Waals surface area contributed by atoms with Crippen molar-refractivity contribution in [1.82, 2.24) is 24.3 Å². The van der Waals surface area contributed by atoms with Crippen LogP contribution in [0.2, 0.25) is 0 Å². The predicted molar refractivity (Wildman–Crippen MR) is 69.4 cm³/mol. The van der Waals surface area contributed by atoms with Crippen molar-refractivity contribution in [3.05, 3.63) is 30.4 Å². The first kappa shape index (κ1) is 10.8. The first-order valence-electron chi connectivity index (χ1n) is 5.81. The number of imidazole rings is 1. The lowest BCUT2D eigenvalue weighted by molar-refractivity contribution is 0.746. The minimum absolute atomic E-state index is 0.459. The molecule has 6 nitrogen and oxygen atoms in total. The minimum atomic E-state index is 0.459. The van der Waals surface area contributed by atoms with E-state index in [1.165, 1.54) is 0 Å². The first-order chi connectivity index (χ1) is 8.70. The molecule has 2 N–H and O–H groups in total. The van der Waals surface area contributed by atoms with Crippen LogP contribution in [-0.2, 0) is 13.5 Å². The lowest BCUT2D eigenvalue weighted by Gasteiger charge is -2.04. The van der Waals surface area contributed by atoms with Crippen LogP contribution in [0.4, 0.5) is 5.95 Å². The second-order valence-electron chi connectivity index (χ2n) is 4.16. The fourth-order valence-corrected chi connectivity index (χ4v) is 2.16. The van der Waals surface area contributed by atoms with Crippen molar-refractivity contribution in [3.63, 3.8) is 0 Å². The van der Waals surface area contributed by atoms with E-state index in [-0.39, 0.29) is 0 Å². The van der Waals surface area contributed by atoms with Crippen LogP contribution in [0.5, 0.6) is 0 Å². The third-order valence-corrected chi connectivity index (χ3v) is 2.94. The lowest BCUT2D eigenvalue weighted by Crippen LogP contribution is -2.02. The second-order valence-corrected chi connectivity index (χ2v) is 4.16. The summed E-state index contributed by atoms with van der Waals surface area (Å²) in [5.41, 5.74) is 9.73. The summed E-state index contributed by atoms with van der Waals surface area (Å²) >= 11 is 0. The van der Waals surface area contributed by atoms with Gasteiger partial charge in [0.25, 0.3) is 0 Å². The number of hydrogen-bond donors (Lipinski definition) is 1. The van der Waals surface area contributed by atoms with Gasteiger partial charge in [-0.05, 0) is 12.5 Å². The molecule has 6 heteroatoms. The van der Waals surface area contributed by atoms with E-state index in [0.717, 1.165) is 28.8 Å². The molecule has 0 saturated heterocycles. The summed E-state index contributed by atoms with van der Waals surface area (Å²) in [7, 11) is 1.90. The molecule has 0 aliphatic heterocycles. The Labute approximate surface area is 104 Å². The van der Waals surface area contributed by atoms with Gasteiger partial charge >= 0.3 is 0 Å². The highest BCUT2D eigenvalue weighted by molar-refractivity contribution is 5.79. The minimum Gasteiger partial charge on any atom is -0.369 e. The van der Waals surface area contributed by atoms with Gasteiger partial charge in [-0.1, -0.05) is 6.92 Å². The third-order valence-electron chi connectivity index (χ3n) is 2.94. The van der Waals surface area contributed by atoms with Crippen molar-refractivity contribution in [2.45, 2.75) is 13.3 Å². The number of nitrogens with zero attached hydrogens (tertiary/aromatic N) is 5. The van der Waals surface area contributed by atoms with Crippen LogP contribution in [0.1, 0.15) is 12.6 Å². The summed E-state index contributed by atoms with van der Waals surface area (Å²) in [5, 5.41) is 4.43. The molecule has 3 heterocycles. The Balaban J connectivity index is 2.33. The summed E-state index contributed by atoms with van der Waals surface area (Å²) in [5.74, 6) is 0.459. The SMILES string of the molecule is CCc1nn(C)cc1-n1c(N)nc2cnccc21. The molecule has 3 aromatic heterocycles. The van der Waals surface area contributed by atoms with E-state index in [4.69, 9.17) is 5.73 Å². The zero-order valence-corrected chi connectivity index (χ0v) is 10.3. The third kappa shape index (κ3) is 1.46. The van der Waals surface area contributed by atoms with Crippen molar-refractivity contribution < 1.29 is 0 Å². The van der Waals surface area contributed by atoms with Crippen LogP contribution in [0.25, 0.3) is 16.7 Å². The number of nitrogen functional groups attached to an aromatic ring is 1. The highest BCUT2D eigenvalue weighted by atomic mass is 15.3. The molecule has 0 amide bonds. The van der Waals surface area contributed by atoms with Crippen LogP contribution in [-0.4, -0.2) is 24.3 Å². The van der Waals surface area contributed by atoms with Crippen molar-refractivity contribution in [1.29, 1.82) is 0 Å². The van der Waals surface area contributed by atoms with Gasteiger partial charge in [-0.3, -0.25) is 14.2 Å². The number of anilines is 1. The summed E-state index contributed by atoms with van der Waals surface area (Å²) < 4.78 is 3.71. The van der Waals surface area contributed by atoms with Gasteiger partial charge in [-0.2, -0.15) is 5.10 Å². The number of aromatic nitrogens is 5. The maximum atomic E-state index is 6.01. The van der Waals surface area contributed by atoms with Crippen LogP contribution in [0.15, 0.2) is 24.7 Å². The van der Waals surface area contributed by atoms with Gasteiger partial charge in [0.1, 0.15) is 5.52 Å². The molecule has 0 aliphatic carbocycles. The Hall–Kier alpha value is -2.37. The molecule has 18 heavy (non-hydrogen) atoms. The Morgan fingerprint density at radius 3 is 3.00 bits per heavy atom. The Morgan fingerprint density at radius 1 is 1.39 bits per heavy atom. The second kappa shape index (κ2) is 3.83. The average molecular weight is 242 g/mol. The highest BCUT2D eigenvalue weighted by Gasteiger charge is 2.14.